The molecule has 6 amide bonds. The van der Waals surface area contributed by atoms with Crippen LogP contribution in [-0.4, -0.2) is 91.9 Å². The highest BCUT2D eigenvalue weighted by atomic mass is 16.5. The van der Waals surface area contributed by atoms with Crippen molar-refractivity contribution >= 4 is 41.6 Å². The summed E-state index contributed by atoms with van der Waals surface area (Å²) < 4.78 is 5.36. The Morgan fingerprint density at radius 1 is 1.02 bits per heavy atom. The Bertz CT molecular complexity index is 1160. The highest BCUT2D eigenvalue weighted by Gasteiger charge is 2.21. The van der Waals surface area contributed by atoms with Crippen LogP contribution in [0.2, 0.25) is 0 Å². The lowest BCUT2D eigenvalue weighted by Gasteiger charge is -2.20. The van der Waals surface area contributed by atoms with Crippen molar-refractivity contribution in [2.45, 2.75) is 65.0 Å². The molecule has 0 aliphatic heterocycles. The molecular formula is C31H48N6O8. The number of nitrogens with zero attached hydrogens (tertiary/aromatic N) is 1. The summed E-state index contributed by atoms with van der Waals surface area (Å²) in [6.07, 6.45) is 5.97. The molecule has 0 radical (unpaired) electrons. The van der Waals surface area contributed by atoms with E-state index in [0.717, 1.165) is 42.5 Å². The summed E-state index contributed by atoms with van der Waals surface area (Å²) in [5.41, 5.74) is 7.34. The summed E-state index contributed by atoms with van der Waals surface area (Å²) >= 11 is 0. The number of nitrogens with two attached hydrogens (primary N) is 1. The molecule has 1 aromatic rings. The van der Waals surface area contributed by atoms with E-state index in [1.54, 1.807) is 19.2 Å². The zero-order valence-electron chi connectivity index (χ0n) is 26.4. The lowest BCUT2D eigenvalue weighted by atomic mass is 9.98. The lowest BCUT2D eigenvalue weighted by Crippen LogP contribution is -2.47. The topological polar surface area (TPSA) is 209 Å². The van der Waals surface area contributed by atoms with Crippen LogP contribution in [0.25, 0.3) is 0 Å². The van der Waals surface area contributed by atoms with Gasteiger partial charge in [0.15, 0.2) is 0 Å². The van der Waals surface area contributed by atoms with Gasteiger partial charge in [0.05, 0.1) is 26.4 Å². The summed E-state index contributed by atoms with van der Waals surface area (Å²) in [6.45, 7) is 4.50. The van der Waals surface area contributed by atoms with Crippen molar-refractivity contribution in [1.82, 2.24) is 20.9 Å². The molecule has 1 atom stereocenters. The summed E-state index contributed by atoms with van der Waals surface area (Å²) in [7, 11) is 1.55. The fraction of sp³-hybridized carbons (Fsp3) is 0.548. The van der Waals surface area contributed by atoms with E-state index >= 15 is 0 Å². The van der Waals surface area contributed by atoms with E-state index in [0.29, 0.717) is 24.3 Å². The van der Waals surface area contributed by atoms with Gasteiger partial charge in [-0.25, -0.2) is 4.79 Å². The van der Waals surface area contributed by atoms with Gasteiger partial charge in [0.25, 0.3) is 0 Å². The maximum absolute atomic E-state index is 13.2. The highest BCUT2D eigenvalue weighted by molar-refractivity contribution is 5.98. The maximum atomic E-state index is 13.2. The zero-order chi connectivity index (χ0) is 33.6. The monoisotopic (exact) mass is 632 g/mol. The number of aliphatic hydroxyl groups is 1. The molecule has 1 aromatic carbocycles. The molecular weight excluding hydrogens is 584 g/mol. The number of aryl methyl sites for hydroxylation is 1. The number of hydrogen-bond acceptors (Lipinski definition) is 8. The summed E-state index contributed by atoms with van der Waals surface area (Å²) in [5, 5.41) is 20.1. The Hall–Kier alpha value is -4.30. The van der Waals surface area contributed by atoms with Crippen LogP contribution in [0.3, 0.4) is 0 Å². The second kappa shape index (κ2) is 22.2. The molecule has 0 aliphatic rings. The number of urea groups is 1. The number of allylic oxidation sites excluding steroid dienone is 1. The lowest BCUT2D eigenvalue weighted by molar-refractivity contribution is -0.129. The summed E-state index contributed by atoms with van der Waals surface area (Å²) in [4.78, 5) is 72.4. The van der Waals surface area contributed by atoms with Gasteiger partial charge in [-0.2, -0.15) is 0 Å². The Labute approximate surface area is 264 Å². The van der Waals surface area contributed by atoms with Crippen LogP contribution in [-0.2, 0) is 41.7 Å². The van der Waals surface area contributed by atoms with E-state index in [1.807, 2.05) is 6.07 Å². The molecule has 1 rings (SSSR count). The normalized spacial score (nSPS) is 11.6. The molecule has 0 heterocycles. The zero-order valence-corrected chi connectivity index (χ0v) is 26.4. The van der Waals surface area contributed by atoms with E-state index < -0.39 is 29.8 Å². The average molecular weight is 633 g/mol. The number of primary amides is 1. The van der Waals surface area contributed by atoms with Crippen molar-refractivity contribution < 1.29 is 38.6 Å². The average Bonchev–Trinajstić information content (AvgIpc) is 2.99. The van der Waals surface area contributed by atoms with Gasteiger partial charge in [-0.1, -0.05) is 26.3 Å². The van der Waals surface area contributed by atoms with E-state index in [2.05, 4.69) is 35.1 Å². The second-order valence-corrected chi connectivity index (χ2v) is 10.9. The number of nitrogens with one attached hydrogen (secondary N) is 4. The van der Waals surface area contributed by atoms with Crippen LogP contribution >= 0.6 is 0 Å². The van der Waals surface area contributed by atoms with Crippen molar-refractivity contribution in [1.29, 1.82) is 0 Å². The van der Waals surface area contributed by atoms with Crippen molar-refractivity contribution in [2.75, 3.05) is 45.2 Å². The predicted molar refractivity (Wildman–Crippen MR) is 169 cm³/mol. The second-order valence-electron chi connectivity index (χ2n) is 10.9. The van der Waals surface area contributed by atoms with Crippen molar-refractivity contribution in [3.63, 3.8) is 0 Å². The minimum atomic E-state index is -0.963. The molecule has 14 heteroatoms. The number of benzene rings is 1. The van der Waals surface area contributed by atoms with Crippen LogP contribution in [0.4, 0.5) is 10.5 Å². The van der Waals surface area contributed by atoms with E-state index in [-0.39, 0.29) is 58.2 Å². The summed E-state index contributed by atoms with van der Waals surface area (Å²) in [5.74, 6) is -1.31. The van der Waals surface area contributed by atoms with Crippen LogP contribution < -0.4 is 27.0 Å². The quantitative estimate of drug-likeness (QED) is 0.0609. The molecule has 0 aliphatic carbocycles. The minimum absolute atomic E-state index is 0.0258. The molecule has 0 bridgehead atoms. The number of aliphatic hydroxyl groups excluding tert-OH is 1. The first kappa shape index (κ1) is 38.7. The number of aldehydes is 1. The Kier molecular flexibility index (Phi) is 19.1. The first-order valence-corrected chi connectivity index (χ1v) is 15.0. The van der Waals surface area contributed by atoms with Crippen molar-refractivity contribution in [3.05, 3.63) is 41.5 Å². The van der Waals surface area contributed by atoms with Gasteiger partial charge in [-0.15, -0.1) is 0 Å². The molecule has 0 saturated heterocycles. The predicted octanol–water partition coefficient (Wildman–Crippen LogP) is 0.766. The smallest absolute Gasteiger partial charge is 0.312 e. The highest BCUT2D eigenvalue weighted by Crippen LogP contribution is 2.20. The van der Waals surface area contributed by atoms with Gasteiger partial charge in [-0.3, -0.25) is 24.0 Å². The molecule has 14 nitrogen and oxygen atoms in total. The maximum Gasteiger partial charge on any atom is 0.312 e. The van der Waals surface area contributed by atoms with Gasteiger partial charge >= 0.3 is 6.03 Å². The number of rotatable bonds is 22. The van der Waals surface area contributed by atoms with Crippen molar-refractivity contribution in [2.24, 2.45) is 11.7 Å². The first-order valence-electron chi connectivity index (χ1n) is 15.0. The third-order valence-electron chi connectivity index (χ3n) is 6.68. The molecule has 7 N–H and O–H groups in total. The fourth-order valence-electron chi connectivity index (χ4n) is 4.15. The standard InChI is InChI=1S/C31H48N6O8/c1-22(2)7-4-8-23-19-25(12-11-24(23)21-39)35-30(43)26(9-5-14-33-31(32)44)36-28(41)20-34-27(40)13-17-45-18-15-37(3)29(42)10-6-16-38/h6,10-12,16,19,22,26,39H,4-5,7-9,13-15,17-18,20-21H2,1-3H3,(H,34,40)(H,35,43)(H,36,41)(H3,32,33,44)/b10-6-. The third kappa shape index (κ3) is 17.6. The number of carbonyl (C=O) groups is 6. The molecule has 0 aromatic heterocycles. The largest absolute Gasteiger partial charge is 0.392 e. The number of amides is 6. The van der Waals surface area contributed by atoms with Gasteiger partial charge in [0.2, 0.25) is 23.6 Å². The van der Waals surface area contributed by atoms with Gasteiger partial charge in [-0.05, 0) is 60.9 Å². The van der Waals surface area contributed by atoms with Gasteiger partial charge < -0.3 is 41.7 Å². The SMILES string of the molecule is CC(C)CCCc1cc(NC(=O)C(CCCNC(N)=O)NC(=O)CNC(=O)CCOCCN(C)C(=O)/C=C\C=O)ccc1CO. The summed E-state index contributed by atoms with van der Waals surface area (Å²) in [6, 6.07) is 3.60. The van der Waals surface area contributed by atoms with E-state index in [1.165, 1.54) is 4.90 Å². The number of likely N-dealkylation sites (N-methyl/N-ethyl adjacent to an activating group) is 1. The molecule has 0 spiro atoms. The fourth-order valence-corrected chi connectivity index (χ4v) is 4.15. The Morgan fingerprint density at radius 3 is 2.44 bits per heavy atom. The molecule has 0 saturated carbocycles. The first-order chi connectivity index (χ1) is 21.5. The number of ether oxygens (including phenoxy) is 1. The molecule has 0 fully saturated rings. The van der Waals surface area contributed by atoms with Crippen LogP contribution in [0, 0.1) is 5.92 Å². The Morgan fingerprint density at radius 2 is 1.78 bits per heavy atom. The number of hydrogen-bond donors (Lipinski definition) is 6. The minimum Gasteiger partial charge on any atom is -0.392 e. The van der Waals surface area contributed by atoms with Crippen LogP contribution in [0.5, 0.6) is 0 Å². The Balaban J connectivity index is 2.66. The van der Waals surface area contributed by atoms with Crippen LogP contribution in [0.15, 0.2) is 30.4 Å². The molecule has 1 unspecified atom stereocenters. The van der Waals surface area contributed by atoms with E-state index in [4.69, 9.17) is 10.5 Å². The van der Waals surface area contributed by atoms with E-state index in [9.17, 15) is 33.9 Å². The van der Waals surface area contributed by atoms with Gasteiger partial charge in [0, 0.05) is 38.3 Å². The number of carbonyl (C=O) groups excluding carboxylic acids is 6. The van der Waals surface area contributed by atoms with Crippen LogP contribution in [0.1, 0.15) is 57.1 Å². The van der Waals surface area contributed by atoms with Crippen molar-refractivity contribution in [3.8, 4) is 0 Å². The molecule has 250 valence electrons. The number of anilines is 1. The third-order valence-corrected chi connectivity index (χ3v) is 6.68. The van der Waals surface area contributed by atoms with Gasteiger partial charge in [0.1, 0.15) is 12.3 Å². The molecule has 45 heavy (non-hydrogen) atoms.